The van der Waals surface area contributed by atoms with Crippen LogP contribution in [0, 0.1) is 0 Å². The summed E-state index contributed by atoms with van der Waals surface area (Å²) in [4.78, 5) is 16.9. The maximum absolute atomic E-state index is 12.5. The van der Waals surface area contributed by atoms with Gasteiger partial charge in [0.1, 0.15) is 5.82 Å². The molecule has 2 atom stereocenters. The number of hydrogen-bond acceptors (Lipinski definition) is 4. The van der Waals surface area contributed by atoms with E-state index in [9.17, 15) is 4.79 Å². The summed E-state index contributed by atoms with van der Waals surface area (Å²) in [6.07, 6.45) is 4.34. The molecule has 0 bridgehead atoms. The maximum atomic E-state index is 12.5. The molecule has 0 aromatic carbocycles. The fourth-order valence-electron chi connectivity index (χ4n) is 2.78. The van der Waals surface area contributed by atoms with Crippen molar-refractivity contribution in [3.8, 4) is 0 Å². The SMILES string of the molecule is CCSC1CCCC1NC(=O)c1cc(CC)nc(NC)c1. The van der Waals surface area contributed by atoms with Gasteiger partial charge in [0.25, 0.3) is 5.91 Å². The second-order valence-electron chi connectivity index (χ2n) is 5.34. The van der Waals surface area contributed by atoms with Crippen LogP contribution in [-0.4, -0.2) is 35.0 Å². The summed E-state index contributed by atoms with van der Waals surface area (Å²) in [7, 11) is 1.83. The quantitative estimate of drug-likeness (QED) is 0.848. The number of aryl methyl sites for hydroxylation is 1. The molecule has 4 nitrogen and oxygen atoms in total. The van der Waals surface area contributed by atoms with Gasteiger partial charge in [-0.15, -0.1) is 0 Å². The minimum Gasteiger partial charge on any atom is -0.373 e. The molecule has 1 aliphatic rings. The van der Waals surface area contributed by atoms with Crippen LogP contribution in [0.15, 0.2) is 12.1 Å². The van der Waals surface area contributed by atoms with E-state index in [0.29, 0.717) is 16.9 Å². The first-order chi connectivity index (χ1) is 10.2. The highest BCUT2D eigenvalue weighted by molar-refractivity contribution is 7.99. The molecule has 1 amide bonds. The molecule has 116 valence electrons. The van der Waals surface area contributed by atoms with Gasteiger partial charge in [0.2, 0.25) is 0 Å². The fourth-order valence-corrected chi connectivity index (χ4v) is 3.98. The number of hydrogen-bond donors (Lipinski definition) is 2. The standard InChI is InChI=1S/C16H25N3OS/c1-4-12-9-11(10-15(17-3)18-12)16(20)19-13-7-6-8-14(13)21-5-2/h9-10,13-14H,4-8H2,1-3H3,(H,17,18)(H,19,20). The third kappa shape index (κ3) is 4.13. The Morgan fingerprint density at radius 2 is 2.19 bits per heavy atom. The van der Waals surface area contributed by atoms with Crippen molar-refractivity contribution in [1.82, 2.24) is 10.3 Å². The molecule has 1 heterocycles. The topological polar surface area (TPSA) is 54.0 Å². The van der Waals surface area contributed by atoms with Crippen LogP contribution < -0.4 is 10.6 Å². The first-order valence-corrected chi connectivity index (χ1v) is 8.84. The number of amides is 1. The molecule has 1 aliphatic carbocycles. The van der Waals surface area contributed by atoms with Crippen molar-refractivity contribution >= 4 is 23.5 Å². The van der Waals surface area contributed by atoms with E-state index in [0.717, 1.165) is 30.1 Å². The number of thioether (sulfide) groups is 1. The van der Waals surface area contributed by atoms with E-state index in [1.54, 1.807) is 0 Å². The Kier molecular flexibility index (Phi) is 5.91. The molecule has 1 aromatic heterocycles. The van der Waals surface area contributed by atoms with Crippen LogP contribution in [0.3, 0.4) is 0 Å². The Bertz CT molecular complexity index is 470. The molecule has 0 saturated heterocycles. The monoisotopic (exact) mass is 307 g/mol. The molecule has 1 aromatic rings. The van der Waals surface area contributed by atoms with Gasteiger partial charge < -0.3 is 10.6 Å². The van der Waals surface area contributed by atoms with Crippen LogP contribution in [0.4, 0.5) is 5.82 Å². The molecule has 2 N–H and O–H groups in total. The molecular formula is C16H25N3OS. The van der Waals surface area contributed by atoms with E-state index in [1.807, 2.05) is 37.9 Å². The third-order valence-corrected chi connectivity index (χ3v) is 5.23. The third-order valence-electron chi connectivity index (χ3n) is 3.91. The Labute approximate surface area is 131 Å². The molecule has 1 saturated carbocycles. The predicted molar refractivity (Wildman–Crippen MR) is 90.2 cm³/mol. The van der Waals surface area contributed by atoms with Gasteiger partial charge in [-0.3, -0.25) is 4.79 Å². The molecule has 1 fully saturated rings. The van der Waals surface area contributed by atoms with Crippen molar-refractivity contribution in [2.75, 3.05) is 18.1 Å². The summed E-state index contributed by atoms with van der Waals surface area (Å²) in [5.41, 5.74) is 1.65. The van der Waals surface area contributed by atoms with Gasteiger partial charge in [-0.25, -0.2) is 4.98 Å². The van der Waals surface area contributed by atoms with Gasteiger partial charge in [0.15, 0.2) is 0 Å². The average molecular weight is 307 g/mol. The second-order valence-corrected chi connectivity index (χ2v) is 6.86. The number of pyridine rings is 1. The van der Waals surface area contributed by atoms with E-state index < -0.39 is 0 Å². The van der Waals surface area contributed by atoms with Crippen molar-refractivity contribution in [3.05, 3.63) is 23.4 Å². The summed E-state index contributed by atoms with van der Waals surface area (Å²) in [5.74, 6) is 1.89. The fraction of sp³-hybridized carbons (Fsp3) is 0.625. The molecule has 2 rings (SSSR count). The number of nitrogens with one attached hydrogen (secondary N) is 2. The molecule has 0 radical (unpaired) electrons. The zero-order valence-electron chi connectivity index (χ0n) is 13.1. The van der Waals surface area contributed by atoms with E-state index in [1.165, 1.54) is 12.8 Å². The number of rotatable bonds is 6. The lowest BCUT2D eigenvalue weighted by molar-refractivity contribution is 0.0938. The Balaban J connectivity index is 2.09. The lowest BCUT2D eigenvalue weighted by Gasteiger charge is -2.20. The van der Waals surface area contributed by atoms with E-state index in [-0.39, 0.29) is 5.91 Å². The van der Waals surface area contributed by atoms with Gasteiger partial charge in [-0.2, -0.15) is 11.8 Å². The largest absolute Gasteiger partial charge is 0.373 e. The Hall–Kier alpha value is -1.23. The van der Waals surface area contributed by atoms with Crippen molar-refractivity contribution in [2.24, 2.45) is 0 Å². The number of anilines is 1. The zero-order chi connectivity index (χ0) is 15.2. The zero-order valence-corrected chi connectivity index (χ0v) is 13.9. The Morgan fingerprint density at radius 1 is 1.38 bits per heavy atom. The number of carbonyl (C=O) groups excluding carboxylic acids is 1. The minimum absolute atomic E-state index is 0.0252. The van der Waals surface area contributed by atoms with E-state index in [2.05, 4.69) is 22.5 Å². The first-order valence-electron chi connectivity index (χ1n) is 7.79. The van der Waals surface area contributed by atoms with Gasteiger partial charge >= 0.3 is 0 Å². The first kappa shape index (κ1) is 16.1. The van der Waals surface area contributed by atoms with Crippen LogP contribution >= 0.6 is 11.8 Å². The summed E-state index contributed by atoms with van der Waals surface area (Å²) < 4.78 is 0. The highest BCUT2D eigenvalue weighted by Gasteiger charge is 2.28. The average Bonchev–Trinajstić information content (AvgIpc) is 2.94. The molecule has 21 heavy (non-hydrogen) atoms. The molecule has 5 heteroatoms. The van der Waals surface area contributed by atoms with Crippen molar-refractivity contribution in [3.63, 3.8) is 0 Å². The lowest BCUT2D eigenvalue weighted by Crippen LogP contribution is -2.38. The van der Waals surface area contributed by atoms with Crippen molar-refractivity contribution < 1.29 is 4.79 Å². The Morgan fingerprint density at radius 3 is 2.86 bits per heavy atom. The summed E-state index contributed by atoms with van der Waals surface area (Å²) in [5, 5.41) is 6.81. The minimum atomic E-state index is 0.0252. The normalized spacial score (nSPS) is 21.3. The van der Waals surface area contributed by atoms with Crippen LogP contribution in [0.2, 0.25) is 0 Å². The maximum Gasteiger partial charge on any atom is 0.251 e. The van der Waals surface area contributed by atoms with Crippen LogP contribution in [0.25, 0.3) is 0 Å². The molecule has 0 aliphatic heterocycles. The smallest absolute Gasteiger partial charge is 0.251 e. The highest BCUT2D eigenvalue weighted by Crippen LogP contribution is 2.30. The number of nitrogens with zero attached hydrogens (tertiary/aromatic N) is 1. The van der Waals surface area contributed by atoms with Gasteiger partial charge in [-0.05, 0) is 37.1 Å². The van der Waals surface area contributed by atoms with Crippen molar-refractivity contribution in [1.29, 1.82) is 0 Å². The van der Waals surface area contributed by atoms with E-state index >= 15 is 0 Å². The van der Waals surface area contributed by atoms with Crippen LogP contribution in [-0.2, 0) is 6.42 Å². The highest BCUT2D eigenvalue weighted by atomic mass is 32.2. The van der Waals surface area contributed by atoms with Crippen molar-refractivity contribution in [2.45, 2.75) is 50.8 Å². The predicted octanol–water partition coefficient (Wildman–Crippen LogP) is 3.09. The van der Waals surface area contributed by atoms with Gasteiger partial charge in [0.05, 0.1) is 0 Å². The summed E-state index contributed by atoms with van der Waals surface area (Å²) in [6, 6.07) is 4.03. The van der Waals surface area contributed by atoms with Crippen LogP contribution in [0.5, 0.6) is 0 Å². The summed E-state index contributed by atoms with van der Waals surface area (Å²) in [6.45, 7) is 4.23. The van der Waals surface area contributed by atoms with Gasteiger partial charge in [-0.1, -0.05) is 20.3 Å². The number of aromatic nitrogens is 1. The lowest BCUT2D eigenvalue weighted by atomic mass is 10.1. The molecular weight excluding hydrogens is 282 g/mol. The molecule has 2 unspecified atom stereocenters. The van der Waals surface area contributed by atoms with Crippen LogP contribution in [0.1, 0.15) is 49.2 Å². The second kappa shape index (κ2) is 7.69. The number of carbonyl (C=O) groups is 1. The summed E-state index contributed by atoms with van der Waals surface area (Å²) >= 11 is 1.96. The molecule has 0 spiro atoms. The van der Waals surface area contributed by atoms with E-state index in [4.69, 9.17) is 0 Å². The van der Waals surface area contributed by atoms with Gasteiger partial charge in [0, 0.05) is 29.6 Å².